The highest BCUT2D eigenvalue weighted by Crippen LogP contribution is 2.32. The number of hydrogen-bond donors (Lipinski definition) is 0. The predicted octanol–water partition coefficient (Wildman–Crippen LogP) is 4.57. The Balaban J connectivity index is 2.60. The van der Waals surface area contributed by atoms with Gasteiger partial charge in [-0.15, -0.1) is 0 Å². The topological polar surface area (TPSA) is 24.7 Å². The molecule has 0 saturated carbocycles. The zero-order valence-electron chi connectivity index (χ0n) is 12.3. The Kier molecular flexibility index (Phi) is 4.16. The van der Waals surface area contributed by atoms with Gasteiger partial charge in [-0.25, -0.2) is 17.6 Å². The lowest BCUT2D eigenvalue weighted by Gasteiger charge is -2.16. The van der Waals surface area contributed by atoms with Crippen LogP contribution in [0.2, 0.25) is 0 Å². The number of rotatable bonds is 3. The van der Waals surface area contributed by atoms with Crippen LogP contribution in [0.15, 0.2) is 10.2 Å². The van der Waals surface area contributed by atoms with Crippen LogP contribution in [0.5, 0.6) is 0 Å². The molecule has 0 saturated heterocycles. The smallest absolute Gasteiger partial charge is 0.198 e. The van der Waals surface area contributed by atoms with Crippen molar-refractivity contribution in [3.63, 3.8) is 0 Å². The molecule has 6 heteroatoms. The van der Waals surface area contributed by atoms with Gasteiger partial charge in [-0.1, -0.05) is 27.7 Å². The Morgan fingerprint density at radius 1 is 0.762 bits per heavy atom. The van der Waals surface area contributed by atoms with E-state index in [0.717, 1.165) is 0 Å². The van der Waals surface area contributed by atoms with Gasteiger partial charge in [0, 0.05) is 23.3 Å². The Morgan fingerprint density at radius 3 is 1.81 bits per heavy atom. The summed E-state index contributed by atoms with van der Waals surface area (Å²) in [5.74, 6) is -6.80. The molecule has 0 fully saturated rings. The standard InChI is InChI=1S/C15H16F4N2/c1-6(2)8-5-9(21-20-8)11-10(7(3)4)12(16)14(18)15(19)13(11)17/h6-7H,5H2,1-4H3. The molecular weight excluding hydrogens is 284 g/mol. The summed E-state index contributed by atoms with van der Waals surface area (Å²) in [6.45, 7) is 6.95. The van der Waals surface area contributed by atoms with Crippen LogP contribution in [0.4, 0.5) is 17.6 Å². The summed E-state index contributed by atoms with van der Waals surface area (Å²) in [6, 6.07) is 0. The fraction of sp³-hybridized carbons (Fsp3) is 0.467. The van der Waals surface area contributed by atoms with Gasteiger partial charge in [-0.3, -0.25) is 0 Å². The quantitative estimate of drug-likeness (QED) is 0.444. The predicted molar refractivity (Wildman–Crippen MR) is 73.8 cm³/mol. The minimum absolute atomic E-state index is 0.0898. The first-order chi connectivity index (χ1) is 9.75. The summed E-state index contributed by atoms with van der Waals surface area (Å²) in [4.78, 5) is 0. The van der Waals surface area contributed by atoms with Gasteiger partial charge in [-0.2, -0.15) is 10.2 Å². The molecule has 114 valence electrons. The van der Waals surface area contributed by atoms with Crippen LogP contribution >= 0.6 is 0 Å². The SMILES string of the molecule is CC(C)C1=NN=C(c2c(F)c(F)c(F)c(F)c2C(C)C)C1. The number of benzene rings is 1. The molecular formula is C15H16F4N2. The molecule has 0 atom stereocenters. The van der Waals surface area contributed by atoms with Crippen molar-refractivity contribution in [2.45, 2.75) is 40.0 Å². The third kappa shape index (κ3) is 2.59. The van der Waals surface area contributed by atoms with Crippen LogP contribution in [0.25, 0.3) is 0 Å². The molecule has 1 aliphatic heterocycles. The van der Waals surface area contributed by atoms with E-state index in [4.69, 9.17) is 0 Å². The van der Waals surface area contributed by atoms with Crippen molar-refractivity contribution >= 4 is 11.4 Å². The van der Waals surface area contributed by atoms with E-state index in [-0.39, 0.29) is 29.2 Å². The highest BCUT2D eigenvalue weighted by Gasteiger charge is 2.31. The monoisotopic (exact) mass is 300 g/mol. The Labute approximate surface area is 120 Å². The molecule has 0 N–H and O–H groups in total. The zero-order valence-corrected chi connectivity index (χ0v) is 12.3. The van der Waals surface area contributed by atoms with Crippen molar-refractivity contribution in [3.8, 4) is 0 Å². The van der Waals surface area contributed by atoms with Crippen LogP contribution in [0, 0.1) is 29.2 Å². The van der Waals surface area contributed by atoms with E-state index in [1.807, 2.05) is 13.8 Å². The summed E-state index contributed by atoms with van der Waals surface area (Å²) in [6.07, 6.45) is 0.207. The summed E-state index contributed by atoms with van der Waals surface area (Å²) in [7, 11) is 0. The van der Waals surface area contributed by atoms with Crippen molar-refractivity contribution in [1.29, 1.82) is 0 Å². The van der Waals surface area contributed by atoms with Gasteiger partial charge in [0.05, 0.1) is 5.71 Å². The number of halogens is 4. The fourth-order valence-electron chi connectivity index (χ4n) is 2.30. The number of nitrogens with zero attached hydrogens (tertiary/aromatic N) is 2. The van der Waals surface area contributed by atoms with Crippen LogP contribution in [0.3, 0.4) is 0 Å². The average molecular weight is 300 g/mol. The van der Waals surface area contributed by atoms with Gasteiger partial charge < -0.3 is 0 Å². The lowest BCUT2D eigenvalue weighted by atomic mass is 9.90. The summed E-state index contributed by atoms with van der Waals surface area (Å²) >= 11 is 0. The van der Waals surface area contributed by atoms with Gasteiger partial charge >= 0.3 is 0 Å². The van der Waals surface area contributed by atoms with E-state index < -0.39 is 29.2 Å². The highest BCUT2D eigenvalue weighted by atomic mass is 19.2. The molecule has 2 rings (SSSR count). The van der Waals surface area contributed by atoms with E-state index in [9.17, 15) is 17.6 Å². The van der Waals surface area contributed by atoms with Gasteiger partial charge in [0.15, 0.2) is 23.3 Å². The van der Waals surface area contributed by atoms with Crippen LogP contribution in [0.1, 0.15) is 51.2 Å². The Morgan fingerprint density at radius 2 is 1.33 bits per heavy atom. The maximum Gasteiger partial charge on any atom is 0.198 e. The lowest BCUT2D eigenvalue weighted by Crippen LogP contribution is -2.17. The molecule has 1 aromatic carbocycles. The van der Waals surface area contributed by atoms with Crippen LogP contribution in [-0.2, 0) is 0 Å². The first-order valence-electron chi connectivity index (χ1n) is 6.75. The maximum absolute atomic E-state index is 14.1. The summed E-state index contributed by atoms with van der Waals surface area (Å²) in [5, 5.41) is 7.75. The fourth-order valence-corrected chi connectivity index (χ4v) is 2.30. The molecule has 1 heterocycles. The molecule has 1 aliphatic rings. The molecule has 21 heavy (non-hydrogen) atoms. The van der Waals surface area contributed by atoms with Gasteiger partial charge in [0.25, 0.3) is 0 Å². The van der Waals surface area contributed by atoms with Gasteiger partial charge in [-0.05, 0) is 11.8 Å². The van der Waals surface area contributed by atoms with Crippen molar-refractivity contribution in [2.75, 3.05) is 0 Å². The van der Waals surface area contributed by atoms with Crippen molar-refractivity contribution < 1.29 is 17.6 Å². The second kappa shape index (κ2) is 5.58. The lowest BCUT2D eigenvalue weighted by molar-refractivity contribution is 0.400. The molecule has 0 bridgehead atoms. The van der Waals surface area contributed by atoms with E-state index in [0.29, 0.717) is 5.71 Å². The highest BCUT2D eigenvalue weighted by molar-refractivity contribution is 6.16. The summed E-state index contributed by atoms with van der Waals surface area (Å²) < 4.78 is 55.1. The van der Waals surface area contributed by atoms with Crippen molar-refractivity contribution in [1.82, 2.24) is 0 Å². The zero-order chi connectivity index (χ0) is 15.9. The van der Waals surface area contributed by atoms with Gasteiger partial charge in [0.2, 0.25) is 0 Å². The molecule has 0 unspecified atom stereocenters. The third-order valence-electron chi connectivity index (χ3n) is 3.48. The summed E-state index contributed by atoms with van der Waals surface area (Å²) in [5.41, 5.74) is 0.327. The minimum atomic E-state index is -1.81. The molecule has 0 aliphatic carbocycles. The van der Waals surface area contributed by atoms with E-state index >= 15 is 0 Å². The first kappa shape index (κ1) is 15.7. The second-order valence-electron chi connectivity index (χ2n) is 5.67. The molecule has 0 aromatic heterocycles. The average Bonchev–Trinajstić information content (AvgIpc) is 2.89. The molecule has 2 nitrogen and oxygen atoms in total. The third-order valence-corrected chi connectivity index (χ3v) is 3.48. The van der Waals surface area contributed by atoms with Crippen LogP contribution in [-0.4, -0.2) is 11.4 Å². The maximum atomic E-state index is 14.1. The second-order valence-corrected chi connectivity index (χ2v) is 5.67. The van der Waals surface area contributed by atoms with Crippen molar-refractivity contribution in [2.24, 2.45) is 16.1 Å². The molecule has 0 amide bonds. The van der Waals surface area contributed by atoms with E-state index in [1.165, 1.54) is 0 Å². The van der Waals surface area contributed by atoms with E-state index in [1.54, 1.807) is 13.8 Å². The first-order valence-corrected chi connectivity index (χ1v) is 6.75. The molecule has 1 aromatic rings. The van der Waals surface area contributed by atoms with Crippen LogP contribution < -0.4 is 0 Å². The number of hydrogen-bond acceptors (Lipinski definition) is 2. The molecule has 0 spiro atoms. The van der Waals surface area contributed by atoms with E-state index in [2.05, 4.69) is 10.2 Å². The molecule has 0 radical (unpaired) electrons. The largest absolute Gasteiger partial charge is 0.203 e. The van der Waals surface area contributed by atoms with Gasteiger partial charge in [0.1, 0.15) is 0 Å². The minimum Gasteiger partial charge on any atom is -0.203 e. The van der Waals surface area contributed by atoms with Crippen molar-refractivity contribution in [3.05, 3.63) is 34.4 Å². The Bertz CT molecular complexity index is 646. The Hall–Kier alpha value is -1.72. The normalized spacial score (nSPS) is 15.0.